The van der Waals surface area contributed by atoms with E-state index < -0.39 is 0 Å². The number of Topliss-reactive ketones (excluding diaryl/α,β-unsaturated/α-hetero) is 1. The van der Waals surface area contributed by atoms with Crippen LogP contribution in [0.4, 0.5) is 5.69 Å². The first-order valence-electron chi connectivity index (χ1n) is 9.30. The molecule has 2 aromatic carbocycles. The highest BCUT2D eigenvalue weighted by molar-refractivity contribution is 7.99. The van der Waals surface area contributed by atoms with Crippen molar-refractivity contribution in [2.75, 3.05) is 25.0 Å². The van der Waals surface area contributed by atoms with E-state index in [9.17, 15) is 9.59 Å². The van der Waals surface area contributed by atoms with Crippen LogP contribution in [0.3, 0.4) is 0 Å². The molecule has 0 unspecified atom stereocenters. The summed E-state index contributed by atoms with van der Waals surface area (Å²) in [5, 5.41) is 14.9. The molecule has 0 fully saturated rings. The van der Waals surface area contributed by atoms with Gasteiger partial charge in [0.2, 0.25) is 17.9 Å². The number of amides is 1. The summed E-state index contributed by atoms with van der Waals surface area (Å²) in [7, 11) is 1.61. The van der Waals surface area contributed by atoms with Gasteiger partial charge in [-0.1, -0.05) is 23.9 Å². The first-order valence-corrected chi connectivity index (χ1v) is 10.3. The third kappa shape index (κ3) is 4.77. The molecule has 1 aromatic heterocycles. The second kappa shape index (κ2) is 9.04. The topological polar surface area (TPSA) is 117 Å². The van der Waals surface area contributed by atoms with Gasteiger partial charge in [-0.2, -0.15) is 0 Å². The van der Waals surface area contributed by atoms with Gasteiger partial charge in [-0.25, -0.2) is 4.68 Å². The largest absolute Gasteiger partial charge is 0.497 e. The molecule has 0 atom stereocenters. The number of ketones is 1. The highest BCUT2D eigenvalue weighted by Gasteiger charge is 2.20. The van der Waals surface area contributed by atoms with Gasteiger partial charge in [-0.15, -0.1) is 5.10 Å². The molecule has 1 aliphatic rings. The van der Waals surface area contributed by atoms with Gasteiger partial charge in [-0.3, -0.25) is 9.59 Å². The molecule has 0 radical (unpaired) electrons. The van der Waals surface area contributed by atoms with Crippen LogP contribution in [0.25, 0.3) is 0 Å². The van der Waals surface area contributed by atoms with Gasteiger partial charge < -0.3 is 19.5 Å². The molecule has 10 nitrogen and oxygen atoms in total. The molecule has 3 aromatic rings. The number of anilines is 1. The van der Waals surface area contributed by atoms with Crippen LogP contribution in [0.15, 0.2) is 41.6 Å². The van der Waals surface area contributed by atoms with Crippen LogP contribution >= 0.6 is 11.8 Å². The van der Waals surface area contributed by atoms with Crippen LogP contribution < -0.4 is 19.5 Å². The third-order valence-electron chi connectivity index (χ3n) is 4.49. The molecule has 0 saturated heterocycles. The van der Waals surface area contributed by atoms with Gasteiger partial charge in [0.1, 0.15) is 5.75 Å². The quantitative estimate of drug-likeness (QED) is 0.415. The second-order valence-corrected chi connectivity index (χ2v) is 7.55. The molecule has 0 aliphatic carbocycles. The number of nitrogens with zero attached hydrogens (tertiary/aromatic N) is 4. The highest BCUT2D eigenvalue weighted by atomic mass is 32.2. The Bertz CT molecular complexity index is 1120. The van der Waals surface area contributed by atoms with E-state index in [0.717, 1.165) is 11.3 Å². The van der Waals surface area contributed by atoms with Gasteiger partial charge in [0, 0.05) is 11.6 Å². The molecule has 11 heteroatoms. The number of rotatable bonds is 8. The zero-order chi connectivity index (χ0) is 21.8. The van der Waals surface area contributed by atoms with Gasteiger partial charge in [0.15, 0.2) is 17.3 Å². The number of methoxy groups -OCH3 is 1. The maximum absolute atomic E-state index is 12.5. The van der Waals surface area contributed by atoms with Gasteiger partial charge in [-0.05, 0) is 41.1 Å². The van der Waals surface area contributed by atoms with Crippen molar-refractivity contribution in [3.63, 3.8) is 0 Å². The van der Waals surface area contributed by atoms with Crippen LogP contribution in [0, 0.1) is 0 Å². The molecule has 31 heavy (non-hydrogen) atoms. The van der Waals surface area contributed by atoms with E-state index in [2.05, 4.69) is 20.8 Å². The van der Waals surface area contributed by atoms with Crippen LogP contribution in [-0.4, -0.2) is 51.6 Å². The van der Waals surface area contributed by atoms with Crippen LogP contribution in [0.2, 0.25) is 0 Å². The lowest BCUT2D eigenvalue weighted by molar-refractivity contribution is -0.113. The minimum atomic E-state index is -0.301. The summed E-state index contributed by atoms with van der Waals surface area (Å²) < 4.78 is 17.4. The van der Waals surface area contributed by atoms with E-state index in [0.29, 0.717) is 34.5 Å². The van der Waals surface area contributed by atoms with Crippen LogP contribution in [-0.2, 0) is 11.3 Å². The molecule has 4 rings (SSSR count). The number of hydrogen-bond acceptors (Lipinski definition) is 9. The summed E-state index contributed by atoms with van der Waals surface area (Å²) in [5.41, 5.74) is 1.72. The number of thioether (sulfide) groups is 1. The van der Waals surface area contributed by atoms with Crippen molar-refractivity contribution in [3.05, 3.63) is 47.5 Å². The Kier molecular flexibility index (Phi) is 6.03. The van der Waals surface area contributed by atoms with Gasteiger partial charge in [0.05, 0.1) is 25.1 Å². The fraction of sp³-hybridized carbons (Fsp3) is 0.250. The number of benzene rings is 2. The molecular weight excluding hydrogens is 422 g/mol. The molecule has 160 valence electrons. The summed E-state index contributed by atoms with van der Waals surface area (Å²) in [6, 6.07) is 10.7. The monoisotopic (exact) mass is 441 g/mol. The van der Waals surface area contributed by atoms with Crippen molar-refractivity contribution >= 4 is 29.1 Å². The number of hydrogen-bond donors (Lipinski definition) is 1. The summed E-state index contributed by atoms with van der Waals surface area (Å²) >= 11 is 1.20. The predicted octanol–water partition coefficient (Wildman–Crippen LogP) is 2.39. The molecule has 0 saturated carbocycles. The van der Waals surface area contributed by atoms with Crippen molar-refractivity contribution < 1.29 is 23.8 Å². The molecule has 0 spiro atoms. The SMILES string of the molecule is COc1ccc(Cn2nnnc2SCC(=O)Nc2cc3c(cc2C(C)=O)OCO3)cc1. The van der Waals surface area contributed by atoms with E-state index in [1.807, 2.05) is 24.3 Å². The van der Waals surface area contributed by atoms with Crippen molar-refractivity contribution in [3.8, 4) is 17.2 Å². The standard InChI is InChI=1S/C20H19N5O5S/c1-12(26)15-7-17-18(30-11-29-17)8-16(15)21-19(27)10-31-20-22-23-24-25(20)9-13-3-5-14(28-2)6-4-13/h3-8H,9-11H2,1-2H3,(H,21,27). The van der Waals surface area contributed by atoms with Gasteiger partial charge >= 0.3 is 0 Å². The Balaban J connectivity index is 1.40. The smallest absolute Gasteiger partial charge is 0.234 e. The first-order chi connectivity index (χ1) is 15.0. The summed E-state index contributed by atoms with van der Waals surface area (Å²) in [6.45, 7) is 1.96. The van der Waals surface area contributed by atoms with E-state index in [1.165, 1.54) is 18.7 Å². The summed E-state index contributed by atoms with van der Waals surface area (Å²) in [6.07, 6.45) is 0. The van der Waals surface area contributed by atoms with Crippen molar-refractivity contribution in [1.82, 2.24) is 20.2 Å². The van der Waals surface area contributed by atoms with Gasteiger partial charge in [0.25, 0.3) is 0 Å². The maximum Gasteiger partial charge on any atom is 0.234 e. The van der Waals surface area contributed by atoms with Crippen LogP contribution in [0.1, 0.15) is 22.8 Å². The molecule has 1 N–H and O–H groups in total. The van der Waals surface area contributed by atoms with E-state index in [4.69, 9.17) is 14.2 Å². The normalized spacial score (nSPS) is 11.9. The Morgan fingerprint density at radius 1 is 1.19 bits per heavy atom. The van der Waals surface area contributed by atoms with E-state index in [1.54, 1.807) is 23.9 Å². The Labute approximate surface area is 181 Å². The Morgan fingerprint density at radius 3 is 2.65 bits per heavy atom. The average Bonchev–Trinajstić information content (AvgIpc) is 3.41. The van der Waals surface area contributed by atoms with Crippen LogP contribution in [0.5, 0.6) is 17.2 Å². The number of aromatic nitrogens is 4. The lowest BCUT2D eigenvalue weighted by Gasteiger charge is -2.10. The Hall–Kier alpha value is -3.60. The number of carbonyl (C=O) groups excluding carboxylic acids is 2. The minimum absolute atomic E-state index is 0.0643. The number of tetrazole rings is 1. The van der Waals surface area contributed by atoms with E-state index in [-0.39, 0.29) is 24.2 Å². The van der Waals surface area contributed by atoms with Crippen molar-refractivity contribution in [2.24, 2.45) is 0 Å². The molecule has 2 heterocycles. The predicted molar refractivity (Wildman–Crippen MR) is 112 cm³/mol. The lowest BCUT2D eigenvalue weighted by Crippen LogP contribution is -2.17. The maximum atomic E-state index is 12.5. The summed E-state index contributed by atoms with van der Waals surface area (Å²) in [5.74, 6) is 1.30. The van der Waals surface area contributed by atoms with Crippen molar-refractivity contribution in [1.29, 1.82) is 0 Å². The lowest BCUT2D eigenvalue weighted by atomic mass is 10.1. The molecule has 0 bridgehead atoms. The van der Waals surface area contributed by atoms with Crippen molar-refractivity contribution in [2.45, 2.75) is 18.6 Å². The van der Waals surface area contributed by atoms with E-state index >= 15 is 0 Å². The third-order valence-corrected chi connectivity index (χ3v) is 5.45. The number of nitrogens with one attached hydrogen (secondary N) is 1. The zero-order valence-electron chi connectivity index (χ0n) is 16.8. The summed E-state index contributed by atoms with van der Waals surface area (Å²) in [4.78, 5) is 24.5. The second-order valence-electron chi connectivity index (χ2n) is 6.61. The Morgan fingerprint density at radius 2 is 1.94 bits per heavy atom. The molecule has 1 amide bonds. The first kappa shape index (κ1) is 20.7. The number of ether oxygens (including phenoxy) is 3. The number of carbonyl (C=O) groups is 2. The fourth-order valence-electron chi connectivity index (χ4n) is 2.96. The zero-order valence-corrected chi connectivity index (χ0v) is 17.6. The molecular formula is C20H19N5O5S. The molecule has 1 aliphatic heterocycles. The minimum Gasteiger partial charge on any atom is -0.497 e. The highest BCUT2D eigenvalue weighted by Crippen LogP contribution is 2.37. The average molecular weight is 441 g/mol. The fourth-order valence-corrected chi connectivity index (χ4v) is 3.63. The number of fused-ring (bicyclic) bond motifs is 1.